The fraction of sp³-hybridized carbons (Fsp3) is 0.647. The lowest BCUT2D eigenvalue weighted by Crippen LogP contribution is -2.28. The van der Waals surface area contributed by atoms with E-state index in [1.54, 1.807) is 12.1 Å². The van der Waals surface area contributed by atoms with Gasteiger partial charge in [0.1, 0.15) is 5.82 Å². The summed E-state index contributed by atoms with van der Waals surface area (Å²) in [5, 5.41) is 3.58. The van der Waals surface area contributed by atoms with Gasteiger partial charge in [-0.3, -0.25) is 0 Å². The lowest BCUT2D eigenvalue weighted by atomic mass is 9.86. The highest BCUT2D eigenvalue weighted by Gasteiger charge is 2.23. The zero-order valence-electron chi connectivity index (χ0n) is 12.2. The van der Waals surface area contributed by atoms with Crippen LogP contribution in [-0.2, 0) is 0 Å². The third kappa shape index (κ3) is 4.04. The summed E-state index contributed by atoms with van der Waals surface area (Å²) in [6, 6.07) is 5.78. The Labute approximate surface area is 116 Å². The van der Waals surface area contributed by atoms with Gasteiger partial charge in [0.2, 0.25) is 0 Å². The summed E-state index contributed by atoms with van der Waals surface area (Å²) >= 11 is 0. The Bertz CT molecular complexity index is 374. The Morgan fingerprint density at radius 2 is 1.84 bits per heavy atom. The summed E-state index contributed by atoms with van der Waals surface area (Å²) in [6.07, 6.45) is 7.90. The van der Waals surface area contributed by atoms with Gasteiger partial charge in [0.15, 0.2) is 0 Å². The van der Waals surface area contributed by atoms with Gasteiger partial charge in [-0.15, -0.1) is 0 Å². The molecule has 1 N–H and O–H groups in total. The van der Waals surface area contributed by atoms with Crippen LogP contribution in [0.1, 0.15) is 62.6 Å². The van der Waals surface area contributed by atoms with Crippen molar-refractivity contribution in [2.24, 2.45) is 5.92 Å². The molecule has 1 fully saturated rings. The predicted molar refractivity (Wildman–Crippen MR) is 78.7 cm³/mol. The zero-order valence-corrected chi connectivity index (χ0v) is 12.2. The van der Waals surface area contributed by atoms with Crippen LogP contribution >= 0.6 is 0 Å². The van der Waals surface area contributed by atoms with Crippen molar-refractivity contribution >= 4 is 0 Å². The van der Waals surface area contributed by atoms with Crippen LogP contribution in [0.15, 0.2) is 18.2 Å². The first-order chi connectivity index (χ1) is 9.20. The number of rotatable bonds is 4. The minimum atomic E-state index is -0.105. The molecule has 1 saturated carbocycles. The molecule has 19 heavy (non-hydrogen) atoms. The van der Waals surface area contributed by atoms with E-state index in [-0.39, 0.29) is 5.82 Å². The molecule has 1 aromatic carbocycles. The monoisotopic (exact) mass is 263 g/mol. The van der Waals surface area contributed by atoms with Crippen LogP contribution in [0.4, 0.5) is 4.39 Å². The molecule has 1 aliphatic rings. The predicted octanol–water partition coefficient (Wildman–Crippen LogP) is 4.76. The van der Waals surface area contributed by atoms with Crippen molar-refractivity contribution in [3.05, 3.63) is 35.1 Å². The van der Waals surface area contributed by atoms with Crippen molar-refractivity contribution in [1.29, 1.82) is 0 Å². The van der Waals surface area contributed by atoms with Gasteiger partial charge in [0, 0.05) is 6.04 Å². The molecule has 0 bridgehead atoms. The van der Waals surface area contributed by atoms with Crippen LogP contribution < -0.4 is 5.32 Å². The summed E-state index contributed by atoms with van der Waals surface area (Å²) in [4.78, 5) is 0. The Kier molecular flexibility index (Phi) is 5.38. The molecule has 2 heteroatoms. The van der Waals surface area contributed by atoms with Gasteiger partial charge in [-0.1, -0.05) is 38.7 Å². The molecule has 0 aliphatic heterocycles. The fourth-order valence-electron chi connectivity index (χ4n) is 3.37. The molecule has 1 atom stereocenters. The lowest BCUT2D eigenvalue weighted by molar-refractivity contribution is 0.329. The number of hydrogen-bond acceptors (Lipinski definition) is 1. The van der Waals surface area contributed by atoms with E-state index >= 15 is 0 Å². The molecule has 1 unspecified atom stereocenters. The molecule has 1 aromatic rings. The van der Waals surface area contributed by atoms with Crippen molar-refractivity contribution in [3.63, 3.8) is 0 Å². The average Bonchev–Trinajstić information content (AvgIpc) is 2.63. The SMILES string of the molecule is CCNC(c1cc(C)cc(F)c1)C1CCCCCC1. The van der Waals surface area contributed by atoms with Gasteiger partial charge in [-0.25, -0.2) is 4.39 Å². The quantitative estimate of drug-likeness (QED) is 0.773. The van der Waals surface area contributed by atoms with Gasteiger partial charge >= 0.3 is 0 Å². The molecule has 106 valence electrons. The first kappa shape index (κ1) is 14.5. The third-order valence-corrected chi connectivity index (χ3v) is 4.22. The van der Waals surface area contributed by atoms with Gasteiger partial charge in [-0.05, 0) is 55.5 Å². The van der Waals surface area contributed by atoms with E-state index in [1.807, 2.05) is 6.92 Å². The molecule has 1 nitrogen and oxygen atoms in total. The summed E-state index contributed by atoms with van der Waals surface area (Å²) in [5.74, 6) is 0.551. The van der Waals surface area contributed by atoms with Crippen molar-refractivity contribution in [3.8, 4) is 0 Å². The van der Waals surface area contributed by atoms with E-state index in [1.165, 1.54) is 38.5 Å². The second kappa shape index (κ2) is 7.04. The summed E-state index contributed by atoms with van der Waals surface area (Å²) in [7, 11) is 0. The molecule has 0 radical (unpaired) electrons. The summed E-state index contributed by atoms with van der Waals surface area (Å²) in [5.41, 5.74) is 2.15. The van der Waals surface area contributed by atoms with Crippen LogP contribution in [-0.4, -0.2) is 6.54 Å². The molecular formula is C17H26FN. The smallest absolute Gasteiger partial charge is 0.123 e. The highest BCUT2D eigenvalue weighted by Crippen LogP contribution is 2.34. The van der Waals surface area contributed by atoms with Gasteiger partial charge in [0.25, 0.3) is 0 Å². The van der Waals surface area contributed by atoms with Gasteiger partial charge in [0.05, 0.1) is 0 Å². The Hall–Kier alpha value is -0.890. The molecule has 0 aromatic heterocycles. The topological polar surface area (TPSA) is 12.0 Å². The largest absolute Gasteiger partial charge is 0.310 e. The van der Waals surface area contributed by atoms with Gasteiger partial charge < -0.3 is 5.32 Å². The molecule has 0 spiro atoms. The lowest BCUT2D eigenvalue weighted by Gasteiger charge is -2.28. The van der Waals surface area contributed by atoms with Gasteiger partial charge in [-0.2, -0.15) is 0 Å². The summed E-state index contributed by atoms with van der Waals surface area (Å²) in [6.45, 7) is 5.05. The van der Waals surface area contributed by atoms with Crippen LogP contribution in [0, 0.1) is 18.7 Å². The number of hydrogen-bond donors (Lipinski definition) is 1. The third-order valence-electron chi connectivity index (χ3n) is 4.22. The average molecular weight is 263 g/mol. The van der Waals surface area contributed by atoms with Crippen molar-refractivity contribution in [1.82, 2.24) is 5.32 Å². The first-order valence-electron chi connectivity index (χ1n) is 7.71. The highest BCUT2D eigenvalue weighted by atomic mass is 19.1. The van der Waals surface area contributed by atoms with Crippen molar-refractivity contribution in [2.45, 2.75) is 58.4 Å². The first-order valence-corrected chi connectivity index (χ1v) is 7.71. The Morgan fingerprint density at radius 1 is 1.16 bits per heavy atom. The molecular weight excluding hydrogens is 237 g/mol. The van der Waals surface area contributed by atoms with Crippen molar-refractivity contribution in [2.75, 3.05) is 6.54 Å². The molecule has 2 rings (SSSR count). The van der Waals surface area contributed by atoms with E-state index in [0.29, 0.717) is 12.0 Å². The number of aryl methyl sites for hydroxylation is 1. The standard InChI is InChI=1S/C17H26FN/c1-3-19-17(14-8-6-4-5-7-9-14)15-10-13(2)11-16(18)12-15/h10-12,14,17,19H,3-9H2,1-2H3. The van der Waals surface area contributed by atoms with E-state index in [2.05, 4.69) is 18.3 Å². The maximum absolute atomic E-state index is 13.6. The van der Waals surface area contributed by atoms with E-state index < -0.39 is 0 Å². The Morgan fingerprint density at radius 3 is 2.42 bits per heavy atom. The second-order valence-electron chi connectivity index (χ2n) is 5.85. The summed E-state index contributed by atoms with van der Waals surface area (Å²) < 4.78 is 13.6. The van der Waals surface area contributed by atoms with Crippen LogP contribution in [0.3, 0.4) is 0 Å². The van der Waals surface area contributed by atoms with Crippen LogP contribution in [0.25, 0.3) is 0 Å². The second-order valence-corrected chi connectivity index (χ2v) is 5.85. The number of halogens is 1. The number of nitrogens with one attached hydrogen (secondary N) is 1. The fourth-order valence-corrected chi connectivity index (χ4v) is 3.37. The van der Waals surface area contributed by atoms with E-state index in [4.69, 9.17) is 0 Å². The minimum absolute atomic E-state index is 0.105. The number of benzene rings is 1. The van der Waals surface area contributed by atoms with Crippen LogP contribution in [0.5, 0.6) is 0 Å². The van der Waals surface area contributed by atoms with E-state index in [0.717, 1.165) is 17.7 Å². The van der Waals surface area contributed by atoms with Crippen molar-refractivity contribution < 1.29 is 4.39 Å². The Balaban J connectivity index is 2.22. The molecule has 1 aliphatic carbocycles. The normalized spacial score (nSPS) is 19.1. The molecule has 0 saturated heterocycles. The molecule has 0 amide bonds. The van der Waals surface area contributed by atoms with E-state index in [9.17, 15) is 4.39 Å². The maximum atomic E-state index is 13.6. The zero-order chi connectivity index (χ0) is 13.7. The van der Waals surface area contributed by atoms with Crippen LogP contribution in [0.2, 0.25) is 0 Å². The maximum Gasteiger partial charge on any atom is 0.123 e. The molecule has 0 heterocycles. The minimum Gasteiger partial charge on any atom is -0.310 e. The highest BCUT2D eigenvalue weighted by molar-refractivity contribution is 5.27.